The summed E-state index contributed by atoms with van der Waals surface area (Å²) in [6, 6.07) is 13.1. The summed E-state index contributed by atoms with van der Waals surface area (Å²) in [5, 5.41) is 6.72. The van der Waals surface area contributed by atoms with Crippen molar-refractivity contribution < 1.29 is 23.1 Å². The van der Waals surface area contributed by atoms with E-state index in [4.69, 9.17) is 13.8 Å². The summed E-state index contributed by atoms with van der Waals surface area (Å²) in [6.45, 7) is 0. The van der Waals surface area contributed by atoms with Crippen molar-refractivity contribution in [3.05, 3.63) is 53.7 Å². The first-order valence-corrected chi connectivity index (χ1v) is 9.70. The third kappa shape index (κ3) is 2.63. The zero-order chi connectivity index (χ0) is 19.2. The molecule has 1 N–H and O–H groups in total. The first-order chi connectivity index (χ1) is 13.0. The highest BCUT2D eigenvalue weighted by molar-refractivity contribution is 7.62. The number of ketones is 1. The molecule has 1 aliphatic carbocycles. The number of benzene rings is 2. The van der Waals surface area contributed by atoms with E-state index in [-0.39, 0.29) is 16.9 Å². The molecule has 0 saturated heterocycles. The van der Waals surface area contributed by atoms with Crippen LogP contribution in [0.15, 0.2) is 42.5 Å². The maximum Gasteiger partial charge on any atom is 0.379 e. The van der Waals surface area contributed by atoms with Crippen LogP contribution in [-0.2, 0) is 13.6 Å². The molecule has 27 heavy (non-hydrogen) atoms. The molecular formula is C19H17N2O5P. The van der Waals surface area contributed by atoms with Gasteiger partial charge in [-0.25, -0.2) is 0 Å². The van der Waals surface area contributed by atoms with E-state index < -0.39 is 7.60 Å². The van der Waals surface area contributed by atoms with Crippen LogP contribution in [0.1, 0.15) is 16.1 Å². The lowest BCUT2D eigenvalue weighted by Crippen LogP contribution is -2.11. The molecule has 0 bridgehead atoms. The number of aromatic amines is 1. The Morgan fingerprint density at radius 3 is 2.22 bits per heavy atom. The molecule has 0 aliphatic heterocycles. The molecule has 3 aromatic rings. The number of fused-ring (bicyclic) bond motifs is 3. The van der Waals surface area contributed by atoms with E-state index in [1.165, 1.54) is 14.2 Å². The standard InChI is InChI=1S/C19H17N2O5P/c1-24-13-7-4-11(5-8-13)12-6-9-14-15(10-12)16-17(18(14)22)20-21-19(16)27(23,25-2)26-3/h4-10H,1-3H3,(H,20,21). The summed E-state index contributed by atoms with van der Waals surface area (Å²) in [7, 11) is 0.609. The number of ether oxygens (including phenoxy) is 1. The molecule has 0 atom stereocenters. The molecule has 0 spiro atoms. The maximum absolute atomic E-state index is 12.9. The lowest BCUT2D eigenvalue weighted by Gasteiger charge is -2.13. The van der Waals surface area contributed by atoms with Crippen LogP contribution in [0, 0.1) is 0 Å². The van der Waals surface area contributed by atoms with Crippen molar-refractivity contribution in [2.45, 2.75) is 0 Å². The molecule has 0 unspecified atom stereocenters. The average molecular weight is 384 g/mol. The van der Waals surface area contributed by atoms with Crippen molar-refractivity contribution in [2.75, 3.05) is 21.3 Å². The van der Waals surface area contributed by atoms with Crippen molar-refractivity contribution in [1.82, 2.24) is 10.2 Å². The first-order valence-electron chi connectivity index (χ1n) is 8.16. The van der Waals surface area contributed by atoms with Gasteiger partial charge in [0.2, 0.25) is 5.78 Å². The highest BCUT2D eigenvalue weighted by Crippen LogP contribution is 2.50. The van der Waals surface area contributed by atoms with Gasteiger partial charge in [0.1, 0.15) is 11.4 Å². The maximum atomic E-state index is 12.9. The van der Waals surface area contributed by atoms with Crippen molar-refractivity contribution in [2.24, 2.45) is 0 Å². The number of carbonyl (C=O) groups excluding carboxylic acids is 1. The van der Waals surface area contributed by atoms with Crippen LogP contribution >= 0.6 is 7.60 Å². The zero-order valence-corrected chi connectivity index (χ0v) is 15.9. The van der Waals surface area contributed by atoms with Crippen LogP contribution in [0.4, 0.5) is 0 Å². The molecule has 8 heteroatoms. The number of carbonyl (C=O) groups is 1. The molecule has 1 aromatic heterocycles. The first kappa shape index (κ1) is 17.7. The summed E-state index contributed by atoms with van der Waals surface area (Å²) >= 11 is 0. The third-order valence-corrected chi connectivity index (χ3v) is 6.51. The minimum absolute atomic E-state index is 0.182. The van der Waals surface area contributed by atoms with Gasteiger partial charge >= 0.3 is 7.60 Å². The minimum atomic E-state index is -3.59. The van der Waals surface area contributed by atoms with Crippen molar-refractivity contribution in [1.29, 1.82) is 0 Å². The smallest absolute Gasteiger partial charge is 0.379 e. The monoisotopic (exact) mass is 384 g/mol. The minimum Gasteiger partial charge on any atom is -0.497 e. The fraction of sp³-hybridized carbons (Fsp3) is 0.158. The number of rotatable bonds is 5. The number of hydrogen-bond donors (Lipinski definition) is 1. The van der Waals surface area contributed by atoms with Gasteiger partial charge in [-0.3, -0.25) is 14.5 Å². The Bertz CT molecular complexity index is 1080. The van der Waals surface area contributed by atoms with Gasteiger partial charge in [-0.2, -0.15) is 5.10 Å². The highest BCUT2D eigenvalue weighted by Gasteiger charge is 2.39. The zero-order valence-electron chi connectivity index (χ0n) is 15.0. The van der Waals surface area contributed by atoms with Crippen LogP contribution in [0.25, 0.3) is 22.3 Å². The number of methoxy groups -OCH3 is 1. The van der Waals surface area contributed by atoms with Crippen LogP contribution in [0.3, 0.4) is 0 Å². The van der Waals surface area contributed by atoms with Gasteiger partial charge in [0, 0.05) is 25.3 Å². The van der Waals surface area contributed by atoms with Crippen molar-refractivity contribution >= 4 is 18.8 Å². The molecule has 1 aliphatic rings. The Balaban J connectivity index is 1.88. The summed E-state index contributed by atoms with van der Waals surface area (Å²) in [5.74, 6) is 0.540. The molecule has 0 radical (unpaired) electrons. The van der Waals surface area contributed by atoms with Gasteiger partial charge in [0.25, 0.3) is 0 Å². The van der Waals surface area contributed by atoms with E-state index >= 15 is 0 Å². The SMILES string of the molecule is COc1ccc(-c2ccc3c(c2)-c2c(n[nH]c2P(=O)(OC)OC)C3=O)cc1. The Kier molecular flexibility index (Phi) is 4.23. The van der Waals surface area contributed by atoms with E-state index in [1.807, 2.05) is 36.4 Å². The van der Waals surface area contributed by atoms with E-state index in [9.17, 15) is 9.36 Å². The van der Waals surface area contributed by atoms with Gasteiger partial charge in [-0.1, -0.05) is 18.2 Å². The van der Waals surface area contributed by atoms with Gasteiger partial charge in [0.05, 0.1) is 7.11 Å². The lowest BCUT2D eigenvalue weighted by molar-refractivity contribution is 0.103. The second-order valence-corrected chi connectivity index (χ2v) is 8.15. The number of aromatic nitrogens is 2. The highest BCUT2D eigenvalue weighted by atomic mass is 31.2. The van der Waals surface area contributed by atoms with E-state index in [0.717, 1.165) is 16.9 Å². The fourth-order valence-corrected chi connectivity index (χ4v) is 4.43. The fourth-order valence-electron chi connectivity index (χ4n) is 3.25. The Morgan fingerprint density at radius 2 is 1.59 bits per heavy atom. The topological polar surface area (TPSA) is 90.5 Å². The van der Waals surface area contributed by atoms with Crippen molar-refractivity contribution in [3.8, 4) is 28.0 Å². The van der Waals surface area contributed by atoms with E-state index in [0.29, 0.717) is 16.7 Å². The third-order valence-electron chi connectivity index (χ3n) is 4.67. The van der Waals surface area contributed by atoms with Crippen molar-refractivity contribution in [3.63, 3.8) is 0 Å². The normalized spacial score (nSPS) is 12.8. The largest absolute Gasteiger partial charge is 0.497 e. The molecular weight excluding hydrogens is 367 g/mol. The second-order valence-electron chi connectivity index (χ2n) is 5.98. The molecule has 0 fully saturated rings. The number of nitrogens with zero attached hydrogens (tertiary/aromatic N) is 1. The van der Waals surface area contributed by atoms with Crippen LogP contribution in [-0.4, -0.2) is 37.3 Å². The Labute approximate surface area is 155 Å². The Morgan fingerprint density at radius 1 is 0.926 bits per heavy atom. The number of hydrogen-bond acceptors (Lipinski definition) is 6. The van der Waals surface area contributed by atoms with Gasteiger partial charge in [0.15, 0.2) is 5.44 Å². The quantitative estimate of drug-likeness (QED) is 0.531. The summed E-state index contributed by atoms with van der Waals surface area (Å²) in [6.07, 6.45) is 0. The van der Waals surface area contributed by atoms with Gasteiger partial charge in [-0.05, 0) is 41.0 Å². The van der Waals surface area contributed by atoms with E-state index in [2.05, 4.69) is 10.2 Å². The predicted molar refractivity (Wildman–Crippen MR) is 101 cm³/mol. The van der Waals surface area contributed by atoms with Crippen LogP contribution in [0.2, 0.25) is 0 Å². The second kappa shape index (κ2) is 6.46. The molecule has 138 valence electrons. The molecule has 0 amide bonds. The summed E-state index contributed by atoms with van der Waals surface area (Å²) < 4.78 is 28.2. The molecule has 2 aromatic carbocycles. The van der Waals surface area contributed by atoms with E-state index in [1.54, 1.807) is 13.2 Å². The number of H-pyrrole nitrogens is 1. The van der Waals surface area contributed by atoms with Gasteiger partial charge in [-0.15, -0.1) is 0 Å². The van der Waals surface area contributed by atoms with Gasteiger partial charge < -0.3 is 13.8 Å². The van der Waals surface area contributed by atoms with Crippen LogP contribution in [0.5, 0.6) is 5.75 Å². The predicted octanol–water partition coefficient (Wildman–Crippen LogP) is 3.41. The lowest BCUT2D eigenvalue weighted by atomic mass is 9.99. The molecule has 1 heterocycles. The Hall–Kier alpha value is -2.73. The molecule has 7 nitrogen and oxygen atoms in total. The summed E-state index contributed by atoms with van der Waals surface area (Å²) in [4.78, 5) is 12.7. The average Bonchev–Trinajstić information content (AvgIpc) is 3.28. The van der Waals surface area contributed by atoms with Crippen LogP contribution < -0.4 is 10.2 Å². The molecule has 0 saturated carbocycles. The summed E-state index contributed by atoms with van der Waals surface area (Å²) in [5.41, 5.74) is 3.92. The number of nitrogens with one attached hydrogen (secondary N) is 1. The molecule has 4 rings (SSSR count).